The molecule has 1 aromatic rings. The predicted molar refractivity (Wildman–Crippen MR) is 68.0 cm³/mol. The Morgan fingerprint density at radius 3 is 2.41 bits per heavy atom. The van der Waals surface area contributed by atoms with E-state index < -0.39 is 6.61 Å². The summed E-state index contributed by atoms with van der Waals surface area (Å²) in [4.78, 5) is 1.14. The zero-order chi connectivity index (χ0) is 12.8. The summed E-state index contributed by atoms with van der Waals surface area (Å²) < 4.78 is 28.4. The molecule has 0 bridgehead atoms. The number of rotatable bonds is 4. The first-order valence-corrected chi connectivity index (χ1v) is 6.75. The molecule has 0 aliphatic heterocycles. The van der Waals surface area contributed by atoms with Crippen molar-refractivity contribution in [3.8, 4) is 5.75 Å². The summed E-state index contributed by atoms with van der Waals surface area (Å²) >= 11 is 1.81. The van der Waals surface area contributed by atoms with Gasteiger partial charge < -0.3 is 4.74 Å². The lowest BCUT2D eigenvalue weighted by atomic mass is 10.2. The molecular formula is C13H18F2OS. The topological polar surface area (TPSA) is 9.23 Å². The van der Waals surface area contributed by atoms with Crippen molar-refractivity contribution >= 4 is 11.8 Å². The summed E-state index contributed by atoms with van der Waals surface area (Å²) in [5.74, 6) is 0.269. The van der Waals surface area contributed by atoms with Crippen LogP contribution in [-0.4, -0.2) is 11.9 Å². The second-order valence-corrected chi connectivity index (χ2v) is 5.00. The first-order valence-electron chi connectivity index (χ1n) is 5.87. The second-order valence-electron chi connectivity index (χ2n) is 3.62. The molecule has 0 saturated heterocycles. The SMILES string of the molecule is CC.Cc1cc(SC2CC2)ccc1OC(F)F. The fourth-order valence-corrected chi connectivity index (χ4v) is 2.45. The summed E-state index contributed by atoms with van der Waals surface area (Å²) in [6.07, 6.45) is 2.53. The van der Waals surface area contributed by atoms with Crippen LogP contribution in [0.5, 0.6) is 5.75 Å². The number of benzene rings is 1. The third kappa shape index (κ3) is 4.94. The number of hydrogen-bond donors (Lipinski definition) is 0. The Bertz CT molecular complexity index is 351. The second kappa shape index (κ2) is 6.84. The highest BCUT2D eigenvalue weighted by Crippen LogP contribution is 2.40. The average molecular weight is 260 g/mol. The van der Waals surface area contributed by atoms with Gasteiger partial charge in [-0.25, -0.2) is 0 Å². The molecule has 96 valence electrons. The van der Waals surface area contributed by atoms with Gasteiger partial charge in [-0.2, -0.15) is 8.78 Å². The van der Waals surface area contributed by atoms with Crippen molar-refractivity contribution in [3.05, 3.63) is 23.8 Å². The van der Waals surface area contributed by atoms with Gasteiger partial charge in [0.2, 0.25) is 0 Å². The largest absolute Gasteiger partial charge is 0.435 e. The predicted octanol–water partition coefficient (Wildman–Crippen LogP) is 4.88. The number of aryl methyl sites for hydroxylation is 1. The van der Waals surface area contributed by atoms with E-state index in [1.54, 1.807) is 13.0 Å². The van der Waals surface area contributed by atoms with Crippen molar-refractivity contribution in [2.24, 2.45) is 0 Å². The maximum atomic E-state index is 12.0. The van der Waals surface area contributed by atoms with E-state index in [4.69, 9.17) is 0 Å². The van der Waals surface area contributed by atoms with Gasteiger partial charge in [0, 0.05) is 10.1 Å². The van der Waals surface area contributed by atoms with Crippen LogP contribution in [0.2, 0.25) is 0 Å². The standard InChI is InChI=1S/C11H12F2OS.C2H6/c1-7-6-9(15-8-2-3-8)4-5-10(7)14-11(12)13;1-2/h4-6,8,11H,2-3H2,1H3;1-2H3. The Kier molecular flexibility index (Phi) is 5.75. The smallest absolute Gasteiger partial charge is 0.387 e. The van der Waals surface area contributed by atoms with Crippen LogP contribution in [0, 0.1) is 6.92 Å². The van der Waals surface area contributed by atoms with E-state index in [2.05, 4.69) is 4.74 Å². The summed E-state index contributed by atoms with van der Waals surface area (Å²) in [7, 11) is 0. The third-order valence-corrected chi connectivity index (χ3v) is 3.52. The van der Waals surface area contributed by atoms with E-state index in [0.29, 0.717) is 0 Å². The number of hydrogen-bond acceptors (Lipinski definition) is 2. The van der Waals surface area contributed by atoms with Crippen molar-refractivity contribution in [2.45, 2.75) is 50.4 Å². The maximum absolute atomic E-state index is 12.0. The van der Waals surface area contributed by atoms with E-state index in [-0.39, 0.29) is 5.75 Å². The van der Waals surface area contributed by atoms with Crippen molar-refractivity contribution in [2.75, 3.05) is 0 Å². The van der Waals surface area contributed by atoms with E-state index in [9.17, 15) is 8.78 Å². The fourth-order valence-electron chi connectivity index (χ4n) is 1.30. The lowest BCUT2D eigenvalue weighted by molar-refractivity contribution is -0.0503. The van der Waals surface area contributed by atoms with Crippen LogP contribution in [0.25, 0.3) is 0 Å². The molecule has 1 nitrogen and oxygen atoms in total. The normalized spacial score (nSPS) is 14.2. The Morgan fingerprint density at radius 1 is 1.29 bits per heavy atom. The number of ether oxygens (including phenoxy) is 1. The number of thioether (sulfide) groups is 1. The molecule has 0 atom stereocenters. The molecule has 0 N–H and O–H groups in total. The molecule has 0 aromatic heterocycles. The van der Waals surface area contributed by atoms with Crippen molar-refractivity contribution in [1.29, 1.82) is 0 Å². The van der Waals surface area contributed by atoms with Gasteiger partial charge in [0.25, 0.3) is 0 Å². The molecule has 1 aliphatic carbocycles. The van der Waals surface area contributed by atoms with Crippen LogP contribution in [0.1, 0.15) is 32.3 Å². The summed E-state index contributed by atoms with van der Waals surface area (Å²) in [6, 6.07) is 5.36. The van der Waals surface area contributed by atoms with Gasteiger partial charge in [-0.1, -0.05) is 13.8 Å². The quantitative estimate of drug-likeness (QED) is 0.763. The minimum absolute atomic E-state index is 0.269. The molecule has 0 spiro atoms. The van der Waals surface area contributed by atoms with Crippen LogP contribution in [0.15, 0.2) is 23.1 Å². The Labute approximate surface area is 106 Å². The molecule has 1 fully saturated rings. The highest BCUT2D eigenvalue weighted by molar-refractivity contribution is 8.00. The molecule has 1 aliphatic rings. The molecule has 0 heterocycles. The summed E-state index contributed by atoms with van der Waals surface area (Å²) in [5, 5.41) is 0.728. The lowest BCUT2D eigenvalue weighted by Gasteiger charge is -2.09. The highest BCUT2D eigenvalue weighted by Gasteiger charge is 2.22. The van der Waals surface area contributed by atoms with Crippen molar-refractivity contribution in [1.82, 2.24) is 0 Å². The molecule has 0 unspecified atom stereocenters. The molecule has 1 saturated carbocycles. The van der Waals surface area contributed by atoms with Gasteiger partial charge in [0.05, 0.1) is 0 Å². The zero-order valence-electron chi connectivity index (χ0n) is 10.4. The number of alkyl halides is 2. The molecule has 0 amide bonds. The molecular weight excluding hydrogens is 242 g/mol. The first kappa shape index (κ1) is 14.3. The van der Waals surface area contributed by atoms with E-state index in [1.165, 1.54) is 12.8 Å². The first-order chi connectivity index (χ1) is 8.15. The summed E-state index contributed by atoms with van der Waals surface area (Å²) in [5.41, 5.74) is 0.765. The van der Waals surface area contributed by atoms with Gasteiger partial charge in [0.15, 0.2) is 0 Å². The Hall–Kier alpha value is -0.770. The van der Waals surface area contributed by atoms with Crippen LogP contribution in [0.4, 0.5) is 8.78 Å². The van der Waals surface area contributed by atoms with E-state index >= 15 is 0 Å². The van der Waals surface area contributed by atoms with E-state index in [1.807, 2.05) is 37.7 Å². The fraction of sp³-hybridized carbons (Fsp3) is 0.538. The molecule has 0 radical (unpaired) electrons. The monoisotopic (exact) mass is 260 g/mol. The van der Waals surface area contributed by atoms with Gasteiger partial charge in [0.1, 0.15) is 5.75 Å². The van der Waals surface area contributed by atoms with Crippen LogP contribution < -0.4 is 4.74 Å². The number of halogens is 2. The highest BCUT2D eigenvalue weighted by atomic mass is 32.2. The van der Waals surface area contributed by atoms with Crippen molar-refractivity contribution in [3.63, 3.8) is 0 Å². The van der Waals surface area contributed by atoms with Crippen molar-refractivity contribution < 1.29 is 13.5 Å². The van der Waals surface area contributed by atoms with Gasteiger partial charge in [-0.05, 0) is 43.5 Å². The maximum Gasteiger partial charge on any atom is 0.387 e. The van der Waals surface area contributed by atoms with E-state index in [0.717, 1.165) is 15.7 Å². The average Bonchev–Trinajstić information content (AvgIpc) is 3.08. The van der Waals surface area contributed by atoms with Gasteiger partial charge >= 0.3 is 6.61 Å². The third-order valence-electron chi connectivity index (χ3n) is 2.19. The molecule has 1 aromatic carbocycles. The molecule has 17 heavy (non-hydrogen) atoms. The minimum Gasteiger partial charge on any atom is -0.435 e. The lowest BCUT2D eigenvalue weighted by Crippen LogP contribution is -2.03. The summed E-state index contributed by atoms with van der Waals surface area (Å²) in [6.45, 7) is 3.04. The minimum atomic E-state index is -2.74. The Morgan fingerprint density at radius 2 is 1.94 bits per heavy atom. The molecule has 4 heteroatoms. The van der Waals surface area contributed by atoms with Crippen LogP contribution in [0.3, 0.4) is 0 Å². The van der Waals surface area contributed by atoms with Gasteiger partial charge in [-0.3, -0.25) is 0 Å². The zero-order valence-corrected chi connectivity index (χ0v) is 11.2. The van der Waals surface area contributed by atoms with Crippen LogP contribution in [-0.2, 0) is 0 Å². The van der Waals surface area contributed by atoms with Gasteiger partial charge in [-0.15, -0.1) is 11.8 Å². The van der Waals surface area contributed by atoms with Crippen LogP contribution >= 0.6 is 11.8 Å². The molecule has 2 rings (SSSR count). The Balaban J connectivity index is 0.000000686.